The molecule has 0 radical (unpaired) electrons. The summed E-state index contributed by atoms with van der Waals surface area (Å²) in [4.78, 5) is 12.8. The fourth-order valence-corrected chi connectivity index (χ4v) is 5.18. The summed E-state index contributed by atoms with van der Waals surface area (Å²) < 4.78 is 68.7. The summed E-state index contributed by atoms with van der Waals surface area (Å²) in [6.45, 7) is -0.0464. The number of alkyl halides is 3. The summed E-state index contributed by atoms with van der Waals surface area (Å²) in [6, 6.07) is 25.3. The molecule has 2 N–H and O–H groups in total. The van der Waals surface area contributed by atoms with Crippen LogP contribution in [0.4, 0.5) is 13.2 Å². The summed E-state index contributed by atoms with van der Waals surface area (Å²) in [5.41, 5.74) is 0.764. The van der Waals surface area contributed by atoms with Gasteiger partial charge in [-0.2, -0.15) is 18.4 Å². The fraction of sp³-hybridized carbons (Fsp3) is 0.103. The number of carbonyl (C=O) groups is 1. The van der Waals surface area contributed by atoms with E-state index in [1.165, 1.54) is 30.5 Å². The second-order valence-electron chi connectivity index (χ2n) is 8.59. The van der Waals surface area contributed by atoms with Gasteiger partial charge in [-0.05, 0) is 40.8 Å². The van der Waals surface area contributed by atoms with Gasteiger partial charge in [0, 0.05) is 12.1 Å². The second-order valence-corrected chi connectivity index (χ2v) is 10.2. The Balaban J connectivity index is 1.54. The molecule has 0 aliphatic rings. The van der Waals surface area contributed by atoms with Crippen molar-refractivity contribution in [2.75, 3.05) is 0 Å². The number of hydrogen-bond donors (Lipinski definition) is 2. The molecule has 10 heteroatoms. The molecule has 198 valence electrons. The van der Waals surface area contributed by atoms with E-state index in [-0.39, 0.29) is 23.4 Å². The summed E-state index contributed by atoms with van der Waals surface area (Å²) in [6.07, 6.45) is -3.29. The van der Waals surface area contributed by atoms with E-state index in [9.17, 15) is 26.4 Å². The van der Waals surface area contributed by atoms with Crippen LogP contribution < -0.4 is 10.0 Å². The van der Waals surface area contributed by atoms with Crippen molar-refractivity contribution in [1.82, 2.24) is 10.0 Å². The molecular formula is C29H22F3N3O3S. The fourth-order valence-electron chi connectivity index (χ4n) is 4.22. The zero-order valence-electron chi connectivity index (χ0n) is 20.4. The van der Waals surface area contributed by atoms with E-state index in [2.05, 4.69) is 5.32 Å². The smallest absolute Gasteiger partial charge is 0.348 e. The van der Waals surface area contributed by atoms with E-state index in [0.29, 0.717) is 22.3 Å². The molecule has 4 aromatic rings. The van der Waals surface area contributed by atoms with Crippen LogP contribution in [0.25, 0.3) is 11.1 Å². The van der Waals surface area contributed by atoms with E-state index in [0.717, 1.165) is 6.07 Å². The molecule has 0 fully saturated rings. The molecule has 0 aliphatic heterocycles. The summed E-state index contributed by atoms with van der Waals surface area (Å²) in [5, 5.41) is 11.3. The van der Waals surface area contributed by atoms with E-state index in [1.807, 2.05) is 0 Å². The van der Waals surface area contributed by atoms with Crippen LogP contribution in [0.1, 0.15) is 32.6 Å². The number of hydrogen-bond acceptors (Lipinski definition) is 4. The van der Waals surface area contributed by atoms with Gasteiger partial charge in [-0.15, -0.1) is 0 Å². The van der Waals surface area contributed by atoms with Gasteiger partial charge in [0.05, 0.1) is 16.0 Å². The number of nitriles is 1. The molecule has 0 atom stereocenters. The maximum absolute atomic E-state index is 14.1. The topological polar surface area (TPSA) is 99.1 Å². The van der Waals surface area contributed by atoms with Gasteiger partial charge in [-0.3, -0.25) is 4.79 Å². The standard InChI is InChI=1S/C29H22F3N3O3S/c30-29(31,32)27-23(17-20-7-2-1-3-8-20)9-6-11-25(27)28(36)34-18-21-13-15-22(16-14-21)24-10-4-5-12-26(24)39(37,38)35-19-33/h1-16,35H,17-18H2,(H,34,36). The first-order valence-electron chi connectivity index (χ1n) is 11.7. The third kappa shape index (κ3) is 6.45. The third-order valence-corrected chi connectivity index (χ3v) is 7.29. The van der Waals surface area contributed by atoms with Crippen LogP contribution in [0, 0.1) is 11.5 Å². The lowest BCUT2D eigenvalue weighted by molar-refractivity contribution is -0.138. The van der Waals surface area contributed by atoms with Gasteiger partial charge in [0.1, 0.15) is 0 Å². The normalized spacial score (nSPS) is 11.4. The first-order valence-corrected chi connectivity index (χ1v) is 13.2. The highest BCUT2D eigenvalue weighted by atomic mass is 32.2. The van der Waals surface area contributed by atoms with Crippen molar-refractivity contribution >= 4 is 15.9 Å². The van der Waals surface area contributed by atoms with E-state index in [4.69, 9.17) is 5.26 Å². The van der Waals surface area contributed by atoms with Crippen LogP contribution in [-0.4, -0.2) is 14.3 Å². The Morgan fingerprint density at radius 2 is 1.49 bits per heavy atom. The average molecular weight is 550 g/mol. The van der Waals surface area contributed by atoms with Crippen molar-refractivity contribution in [3.8, 4) is 17.3 Å². The van der Waals surface area contributed by atoms with Crippen molar-refractivity contribution in [3.63, 3.8) is 0 Å². The maximum atomic E-state index is 14.1. The van der Waals surface area contributed by atoms with Crippen molar-refractivity contribution in [2.24, 2.45) is 0 Å². The predicted octanol–water partition coefficient (Wildman–Crippen LogP) is 5.65. The Kier molecular flexibility index (Phi) is 8.02. The number of nitrogens with zero attached hydrogens (tertiary/aromatic N) is 1. The molecule has 39 heavy (non-hydrogen) atoms. The minimum Gasteiger partial charge on any atom is -0.348 e. The van der Waals surface area contributed by atoms with Gasteiger partial charge < -0.3 is 5.32 Å². The van der Waals surface area contributed by atoms with Gasteiger partial charge in [-0.1, -0.05) is 84.9 Å². The highest BCUT2D eigenvalue weighted by Crippen LogP contribution is 2.36. The third-order valence-electron chi connectivity index (χ3n) is 5.99. The van der Waals surface area contributed by atoms with Crippen molar-refractivity contribution < 1.29 is 26.4 Å². The zero-order chi connectivity index (χ0) is 28.0. The number of rotatable bonds is 8. The first kappa shape index (κ1) is 27.4. The van der Waals surface area contributed by atoms with Crippen LogP contribution >= 0.6 is 0 Å². The largest absolute Gasteiger partial charge is 0.417 e. The molecule has 0 bridgehead atoms. The molecule has 0 heterocycles. The SMILES string of the molecule is N#CNS(=O)(=O)c1ccccc1-c1ccc(CNC(=O)c2cccc(Cc3ccccc3)c2C(F)(F)F)cc1. The van der Waals surface area contributed by atoms with E-state index >= 15 is 0 Å². The molecule has 0 unspecified atom stereocenters. The quantitative estimate of drug-likeness (QED) is 0.219. The van der Waals surface area contributed by atoms with Crippen LogP contribution in [0.15, 0.2) is 102 Å². The average Bonchev–Trinajstić information content (AvgIpc) is 2.92. The second kappa shape index (κ2) is 11.4. The zero-order valence-corrected chi connectivity index (χ0v) is 21.2. The van der Waals surface area contributed by atoms with Gasteiger partial charge in [0.2, 0.25) is 0 Å². The first-order chi connectivity index (χ1) is 18.6. The summed E-state index contributed by atoms with van der Waals surface area (Å²) in [5.74, 6) is -0.861. The number of amides is 1. The molecule has 0 aromatic heterocycles. The van der Waals surface area contributed by atoms with Crippen LogP contribution in [0.2, 0.25) is 0 Å². The van der Waals surface area contributed by atoms with Crippen molar-refractivity contribution in [3.05, 3.63) is 125 Å². The molecular weight excluding hydrogens is 527 g/mol. The maximum Gasteiger partial charge on any atom is 0.417 e. The minimum absolute atomic E-state index is 0.00482. The lowest BCUT2D eigenvalue weighted by atomic mass is 9.94. The highest BCUT2D eigenvalue weighted by Gasteiger charge is 2.37. The lowest BCUT2D eigenvalue weighted by Crippen LogP contribution is -2.27. The molecule has 0 saturated carbocycles. The number of sulfonamides is 1. The predicted molar refractivity (Wildman–Crippen MR) is 140 cm³/mol. The number of benzene rings is 4. The molecule has 0 aliphatic carbocycles. The van der Waals surface area contributed by atoms with E-state index < -0.39 is 33.2 Å². The Morgan fingerprint density at radius 1 is 0.821 bits per heavy atom. The van der Waals surface area contributed by atoms with Crippen molar-refractivity contribution in [1.29, 1.82) is 5.26 Å². The van der Waals surface area contributed by atoms with Crippen LogP contribution in [0.3, 0.4) is 0 Å². The lowest BCUT2D eigenvalue weighted by Gasteiger charge is -2.17. The number of carbonyl (C=O) groups excluding carboxylic acids is 1. The van der Waals surface area contributed by atoms with Gasteiger partial charge in [-0.25, -0.2) is 13.1 Å². The molecule has 1 amide bonds. The number of nitrogens with one attached hydrogen (secondary N) is 2. The highest BCUT2D eigenvalue weighted by molar-refractivity contribution is 7.89. The summed E-state index contributed by atoms with van der Waals surface area (Å²) in [7, 11) is -4.05. The van der Waals surface area contributed by atoms with Crippen LogP contribution in [0.5, 0.6) is 0 Å². The molecule has 4 rings (SSSR count). The molecule has 4 aromatic carbocycles. The molecule has 0 spiro atoms. The van der Waals surface area contributed by atoms with Gasteiger partial charge in [0.25, 0.3) is 15.9 Å². The Labute approximate surface area is 223 Å². The summed E-state index contributed by atoms with van der Waals surface area (Å²) >= 11 is 0. The Hall–Kier alpha value is -4.62. The number of halogens is 3. The Morgan fingerprint density at radius 3 is 2.15 bits per heavy atom. The van der Waals surface area contributed by atoms with E-state index in [1.54, 1.807) is 71.5 Å². The van der Waals surface area contributed by atoms with Gasteiger partial charge in [0.15, 0.2) is 6.19 Å². The monoisotopic (exact) mass is 549 g/mol. The Bertz CT molecular complexity index is 1630. The van der Waals surface area contributed by atoms with Crippen LogP contribution in [-0.2, 0) is 29.2 Å². The molecule has 6 nitrogen and oxygen atoms in total. The minimum atomic E-state index is -4.73. The van der Waals surface area contributed by atoms with Gasteiger partial charge >= 0.3 is 6.18 Å². The van der Waals surface area contributed by atoms with Crippen molar-refractivity contribution in [2.45, 2.75) is 24.0 Å². The molecule has 0 saturated heterocycles.